The van der Waals surface area contributed by atoms with Crippen molar-refractivity contribution in [2.75, 3.05) is 0 Å². The summed E-state index contributed by atoms with van der Waals surface area (Å²) < 4.78 is 6.58. The van der Waals surface area contributed by atoms with Gasteiger partial charge in [0.25, 0.3) is 5.56 Å². The lowest BCUT2D eigenvalue weighted by atomic mass is 10.1. The predicted molar refractivity (Wildman–Crippen MR) is 97.3 cm³/mol. The molecule has 1 aromatic heterocycles. The Morgan fingerprint density at radius 1 is 1.08 bits per heavy atom. The second kappa shape index (κ2) is 7.25. The van der Waals surface area contributed by atoms with Crippen LogP contribution in [0.4, 0.5) is 0 Å². The highest BCUT2D eigenvalue weighted by Crippen LogP contribution is 2.25. The third-order valence-electron chi connectivity index (χ3n) is 3.77. The van der Waals surface area contributed by atoms with Crippen LogP contribution >= 0.6 is 23.2 Å². The lowest BCUT2D eigenvalue weighted by Gasteiger charge is -2.11. The smallest absolute Gasteiger partial charge is 0.359 e. The molecule has 0 bridgehead atoms. The number of fused-ring (bicyclic) bond motifs is 1. The molecular weight excluding hydrogens is 363 g/mol. The number of ether oxygens (including phenoxy) is 1. The van der Waals surface area contributed by atoms with E-state index in [1.165, 1.54) is 4.68 Å². The van der Waals surface area contributed by atoms with Gasteiger partial charge in [-0.2, -0.15) is 5.10 Å². The van der Waals surface area contributed by atoms with E-state index in [1.54, 1.807) is 49.4 Å². The Morgan fingerprint density at radius 2 is 1.72 bits per heavy atom. The zero-order valence-electron chi connectivity index (χ0n) is 13.3. The molecule has 0 atom stereocenters. The van der Waals surface area contributed by atoms with Crippen LogP contribution in [0.2, 0.25) is 10.0 Å². The molecule has 0 fully saturated rings. The zero-order valence-corrected chi connectivity index (χ0v) is 14.8. The summed E-state index contributed by atoms with van der Waals surface area (Å²) in [5.41, 5.74) is 0.358. The topological polar surface area (TPSA) is 61.2 Å². The molecule has 2 aromatic carbocycles. The molecule has 0 aliphatic carbocycles. The highest BCUT2D eigenvalue weighted by Gasteiger charge is 2.18. The van der Waals surface area contributed by atoms with E-state index in [-0.39, 0.29) is 17.9 Å². The molecule has 0 aliphatic rings. The van der Waals surface area contributed by atoms with E-state index in [1.807, 2.05) is 0 Å². The van der Waals surface area contributed by atoms with E-state index in [4.69, 9.17) is 27.9 Å². The molecule has 25 heavy (non-hydrogen) atoms. The minimum Gasteiger partial charge on any atom is -0.456 e. The summed E-state index contributed by atoms with van der Waals surface area (Å²) in [4.78, 5) is 24.9. The van der Waals surface area contributed by atoms with E-state index in [0.717, 1.165) is 0 Å². The van der Waals surface area contributed by atoms with Gasteiger partial charge in [-0.3, -0.25) is 4.79 Å². The van der Waals surface area contributed by atoms with Crippen molar-refractivity contribution in [3.05, 3.63) is 74.1 Å². The summed E-state index contributed by atoms with van der Waals surface area (Å²) in [6.45, 7) is 2.04. The van der Waals surface area contributed by atoms with Gasteiger partial charge in [0.05, 0.1) is 5.39 Å². The minimum atomic E-state index is -0.644. The van der Waals surface area contributed by atoms with Gasteiger partial charge >= 0.3 is 5.97 Å². The largest absolute Gasteiger partial charge is 0.456 e. The molecule has 3 aromatic rings. The Hall–Kier alpha value is -2.37. The molecule has 1 heterocycles. The summed E-state index contributed by atoms with van der Waals surface area (Å²) in [5.74, 6) is -0.644. The number of carbonyl (C=O) groups is 1. The first-order valence-corrected chi connectivity index (χ1v) is 8.38. The molecule has 0 saturated carbocycles. The Kier molecular flexibility index (Phi) is 5.06. The molecule has 128 valence electrons. The van der Waals surface area contributed by atoms with Gasteiger partial charge in [0.15, 0.2) is 5.69 Å². The molecule has 0 N–H and O–H groups in total. The summed E-state index contributed by atoms with van der Waals surface area (Å²) in [5, 5.41) is 5.84. The van der Waals surface area contributed by atoms with Crippen LogP contribution < -0.4 is 5.56 Å². The van der Waals surface area contributed by atoms with Crippen LogP contribution in [-0.4, -0.2) is 15.7 Å². The van der Waals surface area contributed by atoms with Crippen LogP contribution in [0.5, 0.6) is 0 Å². The van der Waals surface area contributed by atoms with Crippen molar-refractivity contribution in [1.82, 2.24) is 9.78 Å². The second-order valence-electron chi connectivity index (χ2n) is 5.29. The third kappa shape index (κ3) is 3.38. The number of halogens is 2. The average molecular weight is 377 g/mol. The van der Waals surface area contributed by atoms with Gasteiger partial charge in [-0.1, -0.05) is 47.5 Å². The van der Waals surface area contributed by atoms with Crippen molar-refractivity contribution < 1.29 is 9.53 Å². The lowest BCUT2D eigenvalue weighted by molar-refractivity contribution is 0.0465. The fraction of sp³-hybridized carbons (Fsp3) is 0.167. The predicted octanol–water partition coefficient (Wildman–Crippen LogP) is 4.08. The number of hydrogen-bond acceptors (Lipinski definition) is 4. The maximum atomic E-state index is 12.5. The van der Waals surface area contributed by atoms with Crippen molar-refractivity contribution in [3.63, 3.8) is 0 Å². The number of aryl methyl sites for hydroxylation is 1. The minimum absolute atomic E-state index is 0.0835. The van der Waals surface area contributed by atoms with Crippen molar-refractivity contribution in [1.29, 1.82) is 0 Å². The number of hydrogen-bond donors (Lipinski definition) is 0. The van der Waals surface area contributed by atoms with Gasteiger partial charge in [0, 0.05) is 27.5 Å². The summed E-state index contributed by atoms with van der Waals surface area (Å²) in [7, 11) is 0. The number of rotatable bonds is 4. The van der Waals surface area contributed by atoms with Gasteiger partial charge < -0.3 is 4.74 Å². The van der Waals surface area contributed by atoms with Crippen LogP contribution in [0.1, 0.15) is 23.0 Å². The molecule has 0 spiro atoms. The number of benzene rings is 2. The number of esters is 1. The van der Waals surface area contributed by atoms with Crippen LogP contribution in [0, 0.1) is 0 Å². The normalized spacial score (nSPS) is 10.8. The quantitative estimate of drug-likeness (QED) is 0.643. The van der Waals surface area contributed by atoms with Crippen LogP contribution in [-0.2, 0) is 17.9 Å². The van der Waals surface area contributed by atoms with E-state index in [9.17, 15) is 9.59 Å². The zero-order chi connectivity index (χ0) is 18.0. The first kappa shape index (κ1) is 17.5. The molecule has 3 rings (SSSR count). The summed E-state index contributed by atoms with van der Waals surface area (Å²) >= 11 is 12.2. The SMILES string of the molecule is CCn1nc(C(=O)OCc2c(Cl)cccc2Cl)c2ccccc2c1=O. The van der Waals surface area contributed by atoms with E-state index >= 15 is 0 Å². The van der Waals surface area contributed by atoms with Gasteiger partial charge in [0.1, 0.15) is 6.61 Å². The summed E-state index contributed by atoms with van der Waals surface area (Å²) in [6, 6.07) is 11.9. The van der Waals surface area contributed by atoms with Gasteiger partial charge in [0.2, 0.25) is 0 Å². The van der Waals surface area contributed by atoms with Gasteiger partial charge in [-0.25, -0.2) is 9.48 Å². The summed E-state index contributed by atoms with van der Waals surface area (Å²) in [6.07, 6.45) is 0. The Bertz CT molecular complexity index is 995. The van der Waals surface area contributed by atoms with Gasteiger partial charge in [-0.15, -0.1) is 0 Å². The molecule has 0 saturated heterocycles. The van der Waals surface area contributed by atoms with Crippen molar-refractivity contribution in [3.8, 4) is 0 Å². The van der Waals surface area contributed by atoms with Crippen LogP contribution in [0.25, 0.3) is 10.8 Å². The number of carbonyl (C=O) groups excluding carboxylic acids is 1. The fourth-order valence-electron chi connectivity index (χ4n) is 2.48. The molecular formula is C18H14Cl2N2O3. The highest BCUT2D eigenvalue weighted by molar-refractivity contribution is 6.35. The Balaban J connectivity index is 1.97. The lowest BCUT2D eigenvalue weighted by Crippen LogP contribution is -2.25. The maximum absolute atomic E-state index is 12.5. The molecule has 0 unspecified atom stereocenters. The number of aromatic nitrogens is 2. The van der Waals surface area contributed by atoms with Crippen LogP contribution in [0.3, 0.4) is 0 Å². The first-order chi connectivity index (χ1) is 12.0. The molecule has 7 heteroatoms. The van der Waals surface area contributed by atoms with Gasteiger partial charge in [-0.05, 0) is 25.1 Å². The first-order valence-electron chi connectivity index (χ1n) is 7.62. The molecule has 5 nitrogen and oxygen atoms in total. The monoisotopic (exact) mass is 376 g/mol. The molecule has 0 radical (unpaired) electrons. The van der Waals surface area contributed by atoms with Crippen molar-refractivity contribution in [2.24, 2.45) is 0 Å². The molecule has 0 amide bonds. The van der Waals surface area contributed by atoms with Crippen molar-refractivity contribution >= 4 is 39.9 Å². The van der Waals surface area contributed by atoms with Crippen LogP contribution in [0.15, 0.2) is 47.3 Å². The maximum Gasteiger partial charge on any atom is 0.359 e. The average Bonchev–Trinajstić information content (AvgIpc) is 2.61. The second-order valence-corrected chi connectivity index (χ2v) is 6.11. The van der Waals surface area contributed by atoms with E-state index in [2.05, 4.69) is 5.10 Å². The number of nitrogens with zero attached hydrogens (tertiary/aromatic N) is 2. The Labute approximate surface area is 153 Å². The molecule has 0 aliphatic heterocycles. The highest BCUT2D eigenvalue weighted by atomic mass is 35.5. The third-order valence-corrected chi connectivity index (χ3v) is 4.48. The fourth-order valence-corrected chi connectivity index (χ4v) is 2.98. The van der Waals surface area contributed by atoms with E-state index < -0.39 is 5.97 Å². The Morgan fingerprint density at radius 3 is 2.36 bits per heavy atom. The van der Waals surface area contributed by atoms with E-state index in [0.29, 0.717) is 32.9 Å². The standard InChI is InChI=1S/C18H14Cl2N2O3/c1-2-22-17(23)12-7-4-3-6-11(12)16(21-22)18(24)25-10-13-14(19)8-5-9-15(13)20/h3-9H,2,10H2,1H3. The van der Waals surface area contributed by atoms with Crippen molar-refractivity contribution in [2.45, 2.75) is 20.1 Å².